The summed E-state index contributed by atoms with van der Waals surface area (Å²) in [6, 6.07) is 12.1. The van der Waals surface area contributed by atoms with E-state index in [9.17, 15) is 0 Å². The number of furan rings is 1. The van der Waals surface area contributed by atoms with Gasteiger partial charge in [0.05, 0.1) is 6.26 Å². The lowest BCUT2D eigenvalue weighted by atomic mass is 10.1. The van der Waals surface area contributed by atoms with Crippen LogP contribution in [0.3, 0.4) is 0 Å². The van der Waals surface area contributed by atoms with Gasteiger partial charge in [-0.05, 0) is 35.4 Å². The van der Waals surface area contributed by atoms with Crippen molar-refractivity contribution in [3.05, 3.63) is 55.1 Å². The molecule has 3 rings (SSSR count). The number of fused-ring (bicyclic) bond motifs is 1. The number of aromatic nitrogens is 1. The molecule has 0 atom stereocenters. The first-order valence-corrected chi connectivity index (χ1v) is 4.81. The summed E-state index contributed by atoms with van der Waals surface area (Å²) in [6.45, 7) is 0. The molecule has 2 nitrogen and oxygen atoms in total. The van der Waals surface area contributed by atoms with Gasteiger partial charge in [0.2, 0.25) is 0 Å². The maximum Gasteiger partial charge on any atom is 0.134 e. The van der Waals surface area contributed by atoms with Crippen LogP contribution in [-0.4, -0.2) is 4.98 Å². The van der Waals surface area contributed by atoms with E-state index in [1.165, 1.54) is 0 Å². The number of pyridine rings is 1. The Balaban J connectivity index is 2.19. The number of rotatable bonds is 1. The summed E-state index contributed by atoms with van der Waals surface area (Å²) in [4.78, 5) is 4.00. The maximum absolute atomic E-state index is 5.36. The van der Waals surface area contributed by atoms with Crippen LogP contribution in [0.5, 0.6) is 0 Å². The fourth-order valence-electron chi connectivity index (χ4n) is 1.68. The van der Waals surface area contributed by atoms with Gasteiger partial charge in [-0.1, -0.05) is 12.1 Å². The highest BCUT2D eigenvalue weighted by Crippen LogP contribution is 2.24. The van der Waals surface area contributed by atoms with E-state index in [4.69, 9.17) is 4.42 Å². The Labute approximate surface area is 87.2 Å². The van der Waals surface area contributed by atoms with Crippen molar-refractivity contribution in [3.8, 4) is 11.1 Å². The van der Waals surface area contributed by atoms with E-state index in [0.717, 1.165) is 22.1 Å². The van der Waals surface area contributed by atoms with Gasteiger partial charge in [-0.2, -0.15) is 0 Å². The zero-order valence-electron chi connectivity index (χ0n) is 8.05. The van der Waals surface area contributed by atoms with Gasteiger partial charge in [0.25, 0.3) is 0 Å². The van der Waals surface area contributed by atoms with Crippen LogP contribution in [0, 0.1) is 0 Å². The van der Waals surface area contributed by atoms with E-state index < -0.39 is 0 Å². The molecular formula is C13H9NO. The number of hydrogen-bond donors (Lipinski definition) is 0. The molecule has 3 aromatic rings. The van der Waals surface area contributed by atoms with Crippen molar-refractivity contribution in [1.82, 2.24) is 4.98 Å². The minimum absolute atomic E-state index is 0.921. The molecule has 0 saturated heterocycles. The third kappa shape index (κ3) is 1.40. The predicted octanol–water partition coefficient (Wildman–Crippen LogP) is 3.49. The summed E-state index contributed by atoms with van der Waals surface area (Å²) < 4.78 is 5.36. The van der Waals surface area contributed by atoms with Crippen LogP contribution in [0.2, 0.25) is 0 Å². The molecule has 2 heteroatoms. The maximum atomic E-state index is 5.36. The largest absolute Gasteiger partial charge is 0.464 e. The summed E-state index contributed by atoms with van der Waals surface area (Å²) in [5, 5.41) is 1.13. The average molecular weight is 195 g/mol. The summed E-state index contributed by atoms with van der Waals surface area (Å²) in [6.07, 6.45) is 5.30. The van der Waals surface area contributed by atoms with Gasteiger partial charge in [-0.25, -0.2) is 0 Å². The minimum Gasteiger partial charge on any atom is -0.464 e. The van der Waals surface area contributed by atoms with Crippen molar-refractivity contribution in [2.45, 2.75) is 0 Å². The Bertz CT molecular complexity index is 584. The molecule has 0 N–H and O–H groups in total. The van der Waals surface area contributed by atoms with E-state index in [0.29, 0.717) is 0 Å². The molecule has 0 bridgehead atoms. The zero-order valence-corrected chi connectivity index (χ0v) is 8.05. The van der Waals surface area contributed by atoms with Crippen LogP contribution in [0.1, 0.15) is 0 Å². The fraction of sp³-hybridized carbons (Fsp3) is 0. The Morgan fingerprint density at radius 2 is 1.73 bits per heavy atom. The Morgan fingerprint density at radius 1 is 0.867 bits per heavy atom. The lowest BCUT2D eigenvalue weighted by Gasteiger charge is -1.99. The quantitative estimate of drug-likeness (QED) is 0.594. The van der Waals surface area contributed by atoms with Gasteiger partial charge in [-0.3, -0.25) is 4.98 Å². The van der Waals surface area contributed by atoms with E-state index in [1.54, 1.807) is 18.7 Å². The van der Waals surface area contributed by atoms with Crippen molar-refractivity contribution in [2.24, 2.45) is 0 Å². The standard InChI is InChI=1S/C13H9NO/c1-2-12(10-3-6-14-7-4-10)9-13-11(1)5-8-15-13/h1-9H. The molecule has 72 valence electrons. The first-order valence-electron chi connectivity index (χ1n) is 4.81. The molecule has 0 aliphatic rings. The van der Waals surface area contributed by atoms with Crippen LogP contribution >= 0.6 is 0 Å². The second-order valence-electron chi connectivity index (χ2n) is 3.41. The number of hydrogen-bond acceptors (Lipinski definition) is 2. The molecule has 0 aliphatic carbocycles. The summed E-state index contributed by atoms with van der Waals surface area (Å²) in [5.74, 6) is 0. The van der Waals surface area contributed by atoms with Gasteiger partial charge in [0, 0.05) is 17.8 Å². The van der Waals surface area contributed by atoms with Crippen molar-refractivity contribution >= 4 is 11.0 Å². The van der Waals surface area contributed by atoms with Crippen LogP contribution < -0.4 is 0 Å². The lowest BCUT2D eigenvalue weighted by Crippen LogP contribution is -1.77. The third-order valence-electron chi connectivity index (χ3n) is 2.47. The van der Waals surface area contributed by atoms with Crippen LogP contribution in [0.4, 0.5) is 0 Å². The molecule has 0 fully saturated rings. The van der Waals surface area contributed by atoms with Gasteiger partial charge in [0.1, 0.15) is 5.58 Å². The first kappa shape index (κ1) is 8.24. The van der Waals surface area contributed by atoms with Crippen molar-refractivity contribution in [1.29, 1.82) is 0 Å². The van der Waals surface area contributed by atoms with Gasteiger partial charge in [0.15, 0.2) is 0 Å². The topological polar surface area (TPSA) is 26.0 Å². The molecule has 2 aromatic heterocycles. The fourth-order valence-corrected chi connectivity index (χ4v) is 1.68. The molecule has 1 aromatic carbocycles. The molecule has 0 aliphatic heterocycles. The Hall–Kier alpha value is -2.09. The van der Waals surface area contributed by atoms with Crippen LogP contribution in [0.25, 0.3) is 22.1 Å². The minimum atomic E-state index is 0.921. The normalized spacial score (nSPS) is 10.7. The second-order valence-corrected chi connectivity index (χ2v) is 3.41. The van der Waals surface area contributed by atoms with E-state index in [1.807, 2.05) is 24.3 Å². The highest BCUT2D eigenvalue weighted by atomic mass is 16.3. The molecule has 15 heavy (non-hydrogen) atoms. The highest BCUT2D eigenvalue weighted by Gasteiger charge is 2.00. The van der Waals surface area contributed by atoms with Crippen molar-refractivity contribution in [2.75, 3.05) is 0 Å². The summed E-state index contributed by atoms with van der Waals surface area (Å²) >= 11 is 0. The monoisotopic (exact) mass is 195 g/mol. The van der Waals surface area contributed by atoms with E-state index >= 15 is 0 Å². The number of benzene rings is 1. The van der Waals surface area contributed by atoms with E-state index in [2.05, 4.69) is 17.1 Å². The summed E-state index contributed by atoms with van der Waals surface area (Å²) in [7, 11) is 0. The highest BCUT2D eigenvalue weighted by molar-refractivity contribution is 5.82. The molecule has 2 heterocycles. The van der Waals surface area contributed by atoms with Gasteiger partial charge < -0.3 is 4.42 Å². The smallest absolute Gasteiger partial charge is 0.134 e. The van der Waals surface area contributed by atoms with Crippen LogP contribution in [0.15, 0.2) is 59.5 Å². The number of nitrogens with zero attached hydrogens (tertiary/aromatic N) is 1. The molecule has 0 spiro atoms. The molecule has 0 radical (unpaired) electrons. The van der Waals surface area contributed by atoms with E-state index in [-0.39, 0.29) is 0 Å². The van der Waals surface area contributed by atoms with Gasteiger partial charge in [-0.15, -0.1) is 0 Å². The predicted molar refractivity (Wildman–Crippen MR) is 59.4 cm³/mol. The second kappa shape index (κ2) is 3.24. The molecule has 0 saturated carbocycles. The third-order valence-corrected chi connectivity index (χ3v) is 2.47. The Morgan fingerprint density at radius 3 is 2.60 bits per heavy atom. The molecule has 0 unspecified atom stereocenters. The Kier molecular flexibility index (Phi) is 1.78. The SMILES string of the molecule is c1cc(-c2ccc3ccoc3c2)ccn1. The lowest BCUT2D eigenvalue weighted by molar-refractivity contribution is 0.616. The average Bonchev–Trinajstić information content (AvgIpc) is 2.77. The first-order chi connectivity index (χ1) is 7.43. The summed E-state index contributed by atoms with van der Waals surface area (Å²) in [5.41, 5.74) is 3.23. The van der Waals surface area contributed by atoms with Gasteiger partial charge >= 0.3 is 0 Å². The molecule has 0 amide bonds. The van der Waals surface area contributed by atoms with Crippen molar-refractivity contribution in [3.63, 3.8) is 0 Å². The molecular weight excluding hydrogens is 186 g/mol. The zero-order chi connectivity index (χ0) is 10.1. The van der Waals surface area contributed by atoms with Crippen LogP contribution in [-0.2, 0) is 0 Å². The van der Waals surface area contributed by atoms with Crippen molar-refractivity contribution < 1.29 is 4.42 Å².